The molecule has 1 aromatic rings. The number of benzene rings is 1. The smallest absolute Gasteiger partial charge is 0.310 e. The van der Waals surface area contributed by atoms with Crippen LogP contribution in [0.1, 0.15) is 24.2 Å². The maximum Gasteiger partial charge on any atom is 0.310 e. The lowest BCUT2D eigenvalue weighted by Crippen LogP contribution is -2.39. The minimum Gasteiger partial charge on any atom is -0.481 e. The second-order valence-corrected chi connectivity index (χ2v) is 6.00. The van der Waals surface area contributed by atoms with Crippen molar-refractivity contribution in [2.45, 2.75) is 18.7 Å². The number of hydrogen-bond donors (Lipinski definition) is 2. The van der Waals surface area contributed by atoms with Gasteiger partial charge < -0.3 is 10.4 Å². The summed E-state index contributed by atoms with van der Waals surface area (Å²) < 4.78 is 0. The highest BCUT2D eigenvalue weighted by Gasteiger charge is 2.28. The summed E-state index contributed by atoms with van der Waals surface area (Å²) in [4.78, 5) is 23.9. The molecule has 6 heteroatoms. The van der Waals surface area contributed by atoms with Gasteiger partial charge in [-0.2, -0.15) is 0 Å². The summed E-state index contributed by atoms with van der Waals surface area (Å²) >= 11 is 7.48. The number of carboxylic acids is 1. The van der Waals surface area contributed by atoms with Crippen LogP contribution < -0.4 is 5.32 Å². The van der Waals surface area contributed by atoms with E-state index in [4.69, 9.17) is 16.7 Å². The minimum absolute atomic E-state index is 0.0426. The first kappa shape index (κ1) is 15.9. The number of amides is 1. The second kappa shape index (κ2) is 6.30. The Hall–Kier alpha value is -1.20. The Balaban J connectivity index is 2.82. The van der Waals surface area contributed by atoms with Crippen molar-refractivity contribution in [3.63, 3.8) is 0 Å². The molecule has 2 N–H and O–H groups in total. The van der Waals surface area contributed by atoms with Crippen LogP contribution >= 0.6 is 23.4 Å². The molecule has 0 aliphatic rings. The molecule has 0 fully saturated rings. The predicted molar refractivity (Wildman–Crippen MR) is 77.0 cm³/mol. The lowest BCUT2D eigenvalue weighted by Gasteiger charge is -2.19. The quantitative estimate of drug-likeness (QED) is 0.821. The summed E-state index contributed by atoms with van der Waals surface area (Å²) in [5, 5.41) is 11.9. The van der Waals surface area contributed by atoms with Crippen LogP contribution in [-0.2, 0) is 4.79 Å². The van der Waals surface area contributed by atoms with Crippen molar-refractivity contribution in [2.75, 3.05) is 12.8 Å². The molecule has 0 bridgehead atoms. The normalized spacial score (nSPS) is 11.2. The van der Waals surface area contributed by atoms with E-state index in [-0.39, 0.29) is 12.5 Å². The van der Waals surface area contributed by atoms with Crippen molar-refractivity contribution in [1.82, 2.24) is 5.32 Å². The van der Waals surface area contributed by atoms with Crippen LogP contribution in [0.3, 0.4) is 0 Å². The molecule has 0 aliphatic heterocycles. The van der Waals surface area contributed by atoms with Gasteiger partial charge in [0.05, 0.1) is 16.0 Å². The van der Waals surface area contributed by atoms with Crippen molar-refractivity contribution in [2.24, 2.45) is 5.41 Å². The molecule has 19 heavy (non-hydrogen) atoms. The Kier molecular flexibility index (Phi) is 5.26. The van der Waals surface area contributed by atoms with Gasteiger partial charge in [0.1, 0.15) is 0 Å². The van der Waals surface area contributed by atoms with Gasteiger partial charge in [-0.25, -0.2) is 0 Å². The molecule has 0 aromatic heterocycles. The monoisotopic (exact) mass is 301 g/mol. The van der Waals surface area contributed by atoms with Crippen molar-refractivity contribution in [3.05, 3.63) is 28.8 Å². The number of carbonyl (C=O) groups excluding carboxylic acids is 1. The van der Waals surface area contributed by atoms with E-state index < -0.39 is 11.4 Å². The van der Waals surface area contributed by atoms with Gasteiger partial charge in [-0.1, -0.05) is 11.6 Å². The van der Waals surface area contributed by atoms with Gasteiger partial charge in [0, 0.05) is 11.4 Å². The number of rotatable bonds is 5. The first-order chi connectivity index (χ1) is 8.77. The van der Waals surface area contributed by atoms with Crippen molar-refractivity contribution in [1.29, 1.82) is 0 Å². The predicted octanol–water partition coefficient (Wildman–Crippen LogP) is 2.90. The van der Waals surface area contributed by atoms with E-state index in [0.717, 1.165) is 4.90 Å². The molecule has 1 aromatic carbocycles. The first-order valence-electron chi connectivity index (χ1n) is 5.63. The van der Waals surface area contributed by atoms with Crippen molar-refractivity contribution in [3.8, 4) is 0 Å². The highest BCUT2D eigenvalue weighted by molar-refractivity contribution is 7.98. The van der Waals surface area contributed by atoms with E-state index in [1.807, 2.05) is 12.3 Å². The Labute approximate surface area is 121 Å². The van der Waals surface area contributed by atoms with Crippen LogP contribution in [0.5, 0.6) is 0 Å². The van der Waals surface area contributed by atoms with Crippen LogP contribution in [0.15, 0.2) is 23.1 Å². The summed E-state index contributed by atoms with van der Waals surface area (Å²) in [5.74, 6) is -1.33. The summed E-state index contributed by atoms with van der Waals surface area (Å²) in [6.07, 6.45) is 1.90. The first-order valence-corrected chi connectivity index (χ1v) is 7.23. The Morgan fingerprint density at radius 2 is 2.05 bits per heavy atom. The third-order valence-corrected chi connectivity index (χ3v) is 3.74. The maximum absolute atomic E-state index is 12.0. The van der Waals surface area contributed by atoms with E-state index in [2.05, 4.69) is 5.32 Å². The summed E-state index contributed by atoms with van der Waals surface area (Å²) in [6, 6.07) is 5.17. The van der Waals surface area contributed by atoms with Crippen molar-refractivity contribution >= 4 is 35.2 Å². The number of halogens is 1. The van der Waals surface area contributed by atoms with Crippen LogP contribution in [0, 0.1) is 5.41 Å². The molecule has 4 nitrogen and oxygen atoms in total. The van der Waals surface area contributed by atoms with E-state index >= 15 is 0 Å². The third-order valence-electron chi connectivity index (χ3n) is 2.69. The number of hydrogen-bond acceptors (Lipinski definition) is 3. The highest BCUT2D eigenvalue weighted by Crippen LogP contribution is 2.23. The lowest BCUT2D eigenvalue weighted by molar-refractivity contribution is -0.146. The SMILES string of the molecule is CSc1ccc(Cl)c(C(=O)NCC(C)(C)C(=O)O)c1. The highest BCUT2D eigenvalue weighted by atomic mass is 35.5. The van der Waals surface area contributed by atoms with Crippen molar-refractivity contribution < 1.29 is 14.7 Å². The van der Waals surface area contributed by atoms with Gasteiger partial charge in [-0.05, 0) is 38.3 Å². The molecule has 0 saturated heterocycles. The zero-order chi connectivity index (χ0) is 14.6. The molecular weight excluding hydrogens is 286 g/mol. The largest absolute Gasteiger partial charge is 0.481 e. The summed E-state index contributed by atoms with van der Waals surface area (Å²) in [7, 11) is 0. The van der Waals surface area contributed by atoms with Crippen LogP contribution in [-0.4, -0.2) is 29.8 Å². The molecule has 0 aliphatic carbocycles. The molecular formula is C13H16ClNO3S. The topological polar surface area (TPSA) is 66.4 Å². The Bertz CT molecular complexity index is 503. The molecule has 0 unspecified atom stereocenters. The molecule has 0 spiro atoms. The van der Waals surface area contributed by atoms with E-state index in [1.54, 1.807) is 26.0 Å². The fourth-order valence-electron chi connectivity index (χ4n) is 1.28. The molecule has 104 valence electrons. The maximum atomic E-state index is 12.0. The van der Waals surface area contributed by atoms with E-state index in [1.165, 1.54) is 11.8 Å². The summed E-state index contributed by atoms with van der Waals surface area (Å²) in [6.45, 7) is 3.14. The number of carbonyl (C=O) groups is 2. The van der Waals surface area contributed by atoms with Gasteiger partial charge in [0.2, 0.25) is 0 Å². The average molecular weight is 302 g/mol. The van der Waals surface area contributed by atoms with E-state index in [0.29, 0.717) is 10.6 Å². The zero-order valence-electron chi connectivity index (χ0n) is 11.0. The van der Waals surface area contributed by atoms with Crippen LogP contribution in [0.25, 0.3) is 0 Å². The van der Waals surface area contributed by atoms with Gasteiger partial charge in [-0.3, -0.25) is 9.59 Å². The van der Waals surface area contributed by atoms with Gasteiger partial charge in [0.15, 0.2) is 0 Å². The molecule has 0 atom stereocenters. The number of nitrogens with one attached hydrogen (secondary N) is 1. The average Bonchev–Trinajstić information content (AvgIpc) is 2.36. The number of thioether (sulfide) groups is 1. The van der Waals surface area contributed by atoms with Crippen LogP contribution in [0.2, 0.25) is 5.02 Å². The minimum atomic E-state index is -1.01. The second-order valence-electron chi connectivity index (χ2n) is 4.72. The number of aliphatic carboxylic acids is 1. The van der Waals surface area contributed by atoms with E-state index in [9.17, 15) is 9.59 Å². The van der Waals surface area contributed by atoms with Gasteiger partial charge in [-0.15, -0.1) is 11.8 Å². The van der Waals surface area contributed by atoms with Gasteiger partial charge in [0.25, 0.3) is 5.91 Å². The molecule has 0 heterocycles. The molecule has 1 rings (SSSR count). The van der Waals surface area contributed by atoms with Crippen LogP contribution in [0.4, 0.5) is 0 Å². The fourth-order valence-corrected chi connectivity index (χ4v) is 1.92. The fraction of sp³-hybridized carbons (Fsp3) is 0.385. The third kappa shape index (κ3) is 4.14. The standard InChI is InChI=1S/C13H16ClNO3S/c1-13(2,12(17)18)7-15-11(16)9-6-8(19-3)4-5-10(9)14/h4-6H,7H2,1-3H3,(H,15,16)(H,17,18). The summed E-state index contributed by atoms with van der Waals surface area (Å²) in [5.41, 5.74) is -0.658. The Morgan fingerprint density at radius 3 is 2.58 bits per heavy atom. The molecule has 0 saturated carbocycles. The van der Waals surface area contributed by atoms with Gasteiger partial charge >= 0.3 is 5.97 Å². The lowest BCUT2D eigenvalue weighted by atomic mass is 9.94. The zero-order valence-corrected chi connectivity index (χ0v) is 12.6. The molecule has 1 amide bonds. The number of carboxylic acid groups (broad SMARTS) is 1. The Morgan fingerprint density at radius 1 is 1.42 bits per heavy atom. The molecule has 0 radical (unpaired) electrons.